The van der Waals surface area contributed by atoms with Gasteiger partial charge in [-0.15, -0.1) is 0 Å². The average Bonchev–Trinajstić information content (AvgIpc) is 3.01. The molecule has 0 aliphatic rings. The zero-order chi connectivity index (χ0) is 18.5. The highest BCUT2D eigenvalue weighted by molar-refractivity contribution is 7.71. The molecule has 9 heteroatoms. The summed E-state index contributed by atoms with van der Waals surface area (Å²) in [5, 5.41) is 29.9. The van der Waals surface area contributed by atoms with Gasteiger partial charge in [0.25, 0.3) is 0 Å². The summed E-state index contributed by atoms with van der Waals surface area (Å²) >= 11 is 5.17. The minimum Gasteiger partial charge on any atom is -0.504 e. The Labute approximate surface area is 154 Å². The summed E-state index contributed by atoms with van der Waals surface area (Å²) in [6.45, 7) is 0.137. The van der Waals surface area contributed by atoms with E-state index in [-0.39, 0.29) is 18.1 Å². The van der Waals surface area contributed by atoms with Gasteiger partial charge < -0.3 is 19.7 Å². The van der Waals surface area contributed by atoms with Crippen LogP contribution in [0.2, 0.25) is 0 Å². The van der Waals surface area contributed by atoms with Crippen molar-refractivity contribution in [3.8, 4) is 23.0 Å². The zero-order valence-corrected chi connectivity index (χ0v) is 14.6. The van der Waals surface area contributed by atoms with Crippen molar-refractivity contribution in [2.45, 2.75) is 6.61 Å². The molecule has 3 N–H and O–H groups in total. The number of nitrogens with zero attached hydrogens (tertiary/aromatic N) is 3. The Kier molecular flexibility index (Phi) is 5.18. The second-order valence-electron chi connectivity index (χ2n) is 5.22. The summed E-state index contributed by atoms with van der Waals surface area (Å²) in [4.78, 5) is 0. The maximum Gasteiger partial charge on any atom is 0.216 e. The maximum atomic E-state index is 9.53. The molecule has 1 heterocycles. The van der Waals surface area contributed by atoms with Crippen molar-refractivity contribution < 1.29 is 19.7 Å². The van der Waals surface area contributed by atoms with E-state index < -0.39 is 0 Å². The van der Waals surface area contributed by atoms with Crippen LogP contribution in [0, 0.1) is 4.77 Å². The molecule has 0 bridgehead atoms. The number of H-pyrrole nitrogens is 1. The first kappa shape index (κ1) is 17.5. The maximum absolute atomic E-state index is 9.53. The zero-order valence-electron chi connectivity index (χ0n) is 13.8. The van der Waals surface area contributed by atoms with Gasteiger partial charge in [0.15, 0.2) is 17.3 Å². The fourth-order valence-corrected chi connectivity index (χ4v) is 2.32. The molecule has 0 saturated carbocycles. The monoisotopic (exact) mass is 372 g/mol. The Hall–Kier alpha value is -3.33. The van der Waals surface area contributed by atoms with Crippen molar-refractivity contribution in [3.63, 3.8) is 0 Å². The second-order valence-corrected chi connectivity index (χ2v) is 5.60. The molecule has 0 unspecified atom stereocenters. The van der Waals surface area contributed by atoms with Crippen LogP contribution in [-0.2, 0) is 6.61 Å². The third-order valence-electron chi connectivity index (χ3n) is 3.45. The third kappa shape index (κ3) is 4.01. The SMILES string of the molecule is COc1cccc(OCc2n[nH]c(=S)n2/N=C/c2ccc(O)c(O)c2)c1. The van der Waals surface area contributed by atoms with Crippen molar-refractivity contribution in [2.24, 2.45) is 5.10 Å². The summed E-state index contributed by atoms with van der Waals surface area (Å²) in [6, 6.07) is 11.6. The quantitative estimate of drug-likeness (QED) is 0.349. The number of aromatic nitrogens is 3. The minimum atomic E-state index is -0.230. The summed E-state index contributed by atoms with van der Waals surface area (Å²) < 4.78 is 12.6. The van der Waals surface area contributed by atoms with E-state index in [2.05, 4.69) is 15.3 Å². The molecule has 8 nitrogen and oxygen atoms in total. The average molecular weight is 372 g/mol. The van der Waals surface area contributed by atoms with Gasteiger partial charge in [-0.25, -0.2) is 5.10 Å². The Morgan fingerprint density at radius 1 is 1.19 bits per heavy atom. The van der Waals surface area contributed by atoms with Crippen LogP contribution in [0.3, 0.4) is 0 Å². The van der Waals surface area contributed by atoms with Gasteiger partial charge >= 0.3 is 0 Å². The lowest BCUT2D eigenvalue weighted by atomic mass is 10.2. The summed E-state index contributed by atoms with van der Waals surface area (Å²) in [7, 11) is 1.58. The number of aromatic hydroxyl groups is 2. The van der Waals surface area contributed by atoms with Crippen LogP contribution in [0.4, 0.5) is 0 Å². The molecule has 2 aromatic carbocycles. The van der Waals surface area contributed by atoms with Gasteiger partial charge in [-0.1, -0.05) is 6.07 Å². The Balaban J connectivity index is 1.77. The van der Waals surface area contributed by atoms with E-state index in [0.717, 1.165) is 0 Å². The molecule has 134 valence electrons. The third-order valence-corrected chi connectivity index (χ3v) is 3.71. The van der Waals surface area contributed by atoms with Crippen LogP contribution in [0.1, 0.15) is 11.4 Å². The predicted molar refractivity (Wildman–Crippen MR) is 97.5 cm³/mol. The summed E-state index contributed by atoms with van der Waals surface area (Å²) in [6.07, 6.45) is 1.49. The smallest absolute Gasteiger partial charge is 0.216 e. The molecule has 0 spiro atoms. The Morgan fingerprint density at radius 3 is 2.77 bits per heavy atom. The lowest BCUT2D eigenvalue weighted by molar-refractivity contribution is 0.288. The summed E-state index contributed by atoms with van der Waals surface area (Å²) in [5.74, 6) is 1.35. The molecule has 0 radical (unpaired) electrons. The highest BCUT2D eigenvalue weighted by Crippen LogP contribution is 2.24. The van der Waals surface area contributed by atoms with Gasteiger partial charge in [-0.05, 0) is 48.1 Å². The van der Waals surface area contributed by atoms with E-state index in [1.165, 1.54) is 23.0 Å². The topological polar surface area (TPSA) is 105 Å². The van der Waals surface area contributed by atoms with Crippen molar-refractivity contribution in [3.05, 3.63) is 58.6 Å². The molecule has 1 aromatic heterocycles. The second kappa shape index (κ2) is 7.70. The Morgan fingerprint density at radius 2 is 2.00 bits per heavy atom. The highest BCUT2D eigenvalue weighted by atomic mass is 32.1. The number of benzene rings is 2. The van der Waals surface area contributed by atoms with E-state index in [1.807, 2.05) is 12.1 Å². The first-order chi connectivity index (χ1) is 12.6. The van der Waals surface area contributed by atoms with Crippen LogP contribution >= 0.6 is 12.2 Å². The normalized spacial score (nSPS) is 11.0. The molecular formula is C17H16N4O4S. The van der Waals surface area contributed by atoms with E-state index in [4.69, 9.17) is 21.7 Å². The molecule has 3 aromatic rings. The van der Waals surface area contributed by atoms with Gasteiger partial charge in [0.1, 0.15) is 18.1 Å². The number of methoxy groups -OCH3 is 1. The van der Waals surface area contributed by atoms with Crippen LogP contribution in [-0.4, -0.2) is 38.4 Å². The molecule has 0 atom stereocenters. The lowest BCUT2D eigenvalue weighted by Crippen LogP contribution is -2.04. The number of phenolic OH excluding ortho intramolecular Hbond substituents is 2. The largest absolute Gasteiger partial charge is 0.504 e. The molecular weight excluding hydrogens is 356 g/mol. The van der Waals surface area contributed by atoms with Crippen LogP contribution < -0.4 is 9.47 Å². The Bertz CT molecular complexity index is 996. The number of nitrogens with one attached hydrogen (secondary N) is 1. The molecule has 0 aliphatic heterocycles. The van der Waals surface area contributed by atoms with E-state index in [1.54, 1.807) is 25.3 Å². The van der Waals surface area contributed by atoms with Gasteiger partial charge in [0.05, 0.1) is 13.3 Å². The molecule has 0 saturated heterocycles. The molecule has 26 heavy (non-hydrogen) atoms. The van der Waals surface area contributed by atoms with Gasteiger partial charge in [-0.2, -0.15) is 14.9 Å². The standard InChI is InChI=1S/C17H16N4O4S/c1-24-12-3-2-4-13(8-12)25-10-16-19-20-17(26)21(16)18-9-11-5-6-14(22)15(23)7-11/h2-9,22-23H,10H2,1H3,(H,20,26)/b18-9+. The number of aromatic amines is 1. The van der Waals surface area contributed by atoms with Crippen molar-refractivity contribution in [1.82, 2.24) is 14.9 Å². The lowest BCUT2D eigenvalue weighted by Gasteiger charge is -2.07. The molecule has 3 rings (SSSR count). The van der Waals surface area contributed by atoms with E-state index in [9.17, 15) is 10.2 Å². The van der Waals surface area contributed by atoms with Gasteiger partial charge in [0, 0.05) is 6.07 Å². The molecule has 0 aliphatic carbocycles. The van der Waals surface area contributed by atoms with Crippen LogP contribution in [0.5, 0.6) is 23.0 Å². The predicted octanol–water partition coefficient (Wildman–Crippen LogP) is 2.82. The first-order valence-electron chi connectivity index (χ1n) is 7.56. The number of ether oxygens (including phenoxy) is 2. The van der Waals surface area contributed by atoms with Crippen molar-refractivity contribution in [1.29, 1.82) is 0 Å². The molecule has 0 fully saturated rings. The van der Waals surface area contributed by atoms with Crippen molar-refractivity contribution >= 4 is 18.4 Å². The van der Waals surface area contributed by atoms with E-state index >= 15 is 0 Å². The number of hydrogen-bond donors (Lipinski definition) is 3. The number of rotatable bonds is 6. The van der Waals surface area contributed by atoms with Crippen molar-refractivity contribution in [2.75, 3.05) is 7.11 Å². The number of hydrogen-bond acceptors (Lipinski definition) is 7. The minimum absolute atomic E-state index is 0.137. The van der Waals surface area contributed by atoms with Crippen LogP contribution in [0.25, 0.3) is 0 Å². The van der Waals surface area contributed by atoms with Crippen LogP contribution in [0.15, 0.2) is 47.6 Å². The summed E-state index contributed by atoms with van der Waals surface area (Å²) in [5.41, 5.74) is 0.586. The van der Waals surface area contributed by atoms with E-state index in [0.29, 0.717) is 27.7 Å². The first-order valence-corrected chi connectivity index (χ1v) is 7.97. The highest BCUT2D eigenvalue weighted by Gasteiger charge is 2.07. The van der Waals surface area contributed by atoms with Gasteiger partial charge in [0.2, 0.25) is 4.77 Å². The molecule has 0 amide bonds. The fraction of sp³-hybridized carbons (Fsp3) is 0.118. The fourth-order valence-electron chi connectivity index (χ4n) is 2.12. The van der Waals surface area contributed by atoms with Gasteiger partial charge in [-0.3, -0.25) is 0 Å². The number of phenols is 2.